The van der Waals surface area contributed by atoms with Crippen molar-refractivity contribution in [1.29, 1.82) is 0 Å². The molecule has 1 atom stereocenters. The van der Waals surface area contributed by atoms with Crippen LogP contribution in [0.5, 0.6) is 0 Å². The van der Waals surface area contributed by atoms with E-state index in [-0.39, 0.29) is 5.91 Å². The van der Waals surface area contributed by atoms with E-state index in [9.17, 15) is 4.79 Å². The van der Waals surface area contributed by atoms with Crippen molar-refractivity contribution < 1.29 is 9.53 Å². The molecule has 0 aromatic heterocycles. The van der Waals surface area contributed by atoms with Crippen molar-refractivity contribution in [3.8, 4) is 0 Å². The molecule has 1 amide bonds. The zero-order valence-corrected chi connectivity index (χ0v) is 10.3. The molecule has 1 saturated heterocycles. The Morgan fingerprint density at radius 2 is 2.31 bits per heavy atom. The van der Waals surface area contributed by atoms with Gasteiger partial charge in [-0.15, -0.1) is 0 Å². The summed E-state index contributed by atoms with van der Waals surface area (Å²) >= 11 is 0. The number of nitrogens with two attached hydrogens (primary N) is 1. The Morgan fingerprint density at radius 1 is 1.56 bits per heavy atom. The van der Waals surface area contributed by atoms with Crippen molar-refractivity contribution in [2.75, 3.05) is 46.9 Å². The molecule has 2 N–H and O–H groups in total. The second-order valence-electron chi connectivity index (χ2n) is 4.39. The highest BCUT2D eigenvalue weighted by atomic mass is 16.5. The van der Waals surface area contributed by atoms with Crippen molar-refractivity contribution in [3.63, 3.8) is 0 Å². The van der Waals surface area contributed by atoms with E-state index in [0.717, 1.165) is 32.7 Å². The van der Waals surface area contributed by atoms with E-state index in [4.69, 9.17) is 10.5 Å². The average Bonchev–Trinajstić information content (AvgIpc) is 2.29. The lowest BCUT2D eigenvalue weighted by atomic mass is 10.2. The second-order valence-corrected chi connectivity index (χ2v) is 4.39. The number of amides is 1. The number of morpholine rings is 1. The second kappa shape index (κ2) is 6.83. The number of carbonyl (C=O) groups excluding carboxylic acids is 1. The molecule has 0 aromatic rings. The minimum atomic E-state index is 0.192. The maximum Gasteiger partial charge on any atom is 0.222 e. The van der Waals surface area contributed by atoms with E-state index >= 15 is 0 Å². The molecule has 0 bridgehead atoms. The summed E-state index contributed by atoms with van der Waals surface area (Å²) in [6, 6.07) is 0.322. The molecule has 0 aromatic carbocycles. The summed E-state index contributed by atoms with van der Waals surface area (Å²) in [6.07, 6.45) is 1.51. The molecule has 94 valence electrons. The van der Waals surface area contributed by atoms with E-state index in [2.05, 4.69) is 4.90 Å². The van der Waals surface area contributed by atoms with Gasteiger partial charge >= 0.3 is 0 Å². The number of rotatable bonds is 5. The number of carbonyl (C=O) groups is 1. The van der Waals surface area contributed by atoms with Gasteiger partial charge in [0.05, 0.1) is 13.2 Å². The fourth-order valence-corrected chi connectivity index (χ4v) is 1.86. The standard InChI is InChI=1S/C11H23N3O2/c1-13(2)11(15)4-3-5-14-6-7-16-9-10(14)8-12/h10H,3-9,12H2,1-2H3. The molecule has 1 fully saturated rings. The maximum absolute atomic E-state index is 11.4. The third-order valence-corrected chi connectivity index (χ3v) is 2.96. The normalized spacial score (nSPS) is 22.1. The molecule has 1 rings (SSSR count). The molecule has 1 aliphatic rings. The molecule has 0 aliphatic carbocycles. The van der Waals surface area contributed by atoms with Crippen LogP contribution in [0.3, 0.4) is 0 Å². The van der Waals surface area contributed by atoms with Crippen molar-refractivity contribution >= 4 is 5.91 Å². The summed E-state index contributed by atoms with van der Waals surface area (Å²) in [5.41, 5.74) is 5.68. The Kier molecular flexibility index (Phi) is 5.73. The highest BCUT2D eigenvalue weighted by Gasteiger charge is 2.21. The van der Waals surface area contributed by atoms with Gasteiger partial charge in [-0.25, -0.2) is 0 Å². The fraction of sp³-hybridized carbons (Fsp3) is 0.909. The molecule has 5 nitrogen and oxygen atoms in total. The maximum atomic E-state index is 11.4. The van der Waals surface area contributed by atoms with Gasteiger partial charge in [0.1, 0.15) is 0 Å². The van der Waals surface area contributed by atoms with E-state index in [0.29, 0.717) is 19.0 Å². The first-order chi connectivity index (χ1) is 7.65. The van der Waals surface area contributed by atoms with Gasteiger partial charge in [-0.3, -0.25) is 9.69 Å². The molecule has 16 heavy (non-hydrogen) atoms. The summed E-state index contributed by atoms with van der Waals surface area (Å²) < 4.78 is 5.37. The van der Waals surface area contributed by atoms with Crippen LogP contribution < -0.4 is 5.73 Å². The summed E-state index contributed by atoms with van der Waals surface area (Å²) in [5, 5.41) is 0. The quantitative estimate of drug-likeness (QED) is 0.691. The molecule has 0 radical (unpaired) electrons. The Labute approximate surface area is 97.5 Å². The Hall–Kier alpha value is -0.650. The lowest BCUT2D eigenvalue weighted by Crippen LogP contribution is -2.49. The lowest BCUT2D eigenvalue weighted by Gasteiger charge is -2.34. The Bertz CT molecular complexity index is 221. The number of nitrogens with zero attached hydrogens (tertiary/aromatic N) is 2. The minimum absolute atomic E-state index is 0.192. The molecule has 0 spiro atoms. The minimum Gasteiger partial charge on any atom is -0.378 e. The van der Waals surface area contributed by atoms with Gasteiger partial charge in [0.15, 0.2) is 0 Å². The third kappa shape index (κ3) is 4.08. The summed E-state index contributed by atoms with van der Waals surface area (Å²) in [7, 11) is 3.58. The first-order valence-electron chi connectivity index (χ1n) is 5.87. The highest BCUT2D eigenvalue weighted by molar-refractivity contribution is 5.75. The van der Waals surface area contributed by atoms with Gasteiger partial charge < -0.3 is 15.4 Å². The van der Waals surface area contributed by atoms with E-state index in [1.807, 2.05) is 0 Å². The molecule has 1 heterocycles. The van der Waals surface area contributed by atoms with Gasteiger partial charge in [0, 0.05) is 39.6 Å². The third-order valence-electron chi connectivity index (χ3n) is 2.96. The number of hydrogen-bond acceptors (Lipinski definition) is 4. The van der Waals surface area contributed by atoms with Crippen molar-refractivity contribution in [2.45, 2.75) is 18.9 Å². The first-order valence-corrected chi connectivity index (χ1v) is 5.87. The topological polar surface area (TPSA) is 58.8 Å². The lowest BCUT2D eigenvalue weighted by molar-refractivity contribution is -0.128. The molecule has 0 saturated carbocycles. The average molecular weight is 229 g/mol. The van der Waals surface area contributed by atoms with Crippen LogP contribution in [0.4, 0.5) is 0 Å². The number of hydrogen-bond donors (Lipinski definition) is 1. The van der Waals surface area contributed by atoms with Crippen LogP contribution in [0, 0.1) is 0 Å². The van der Waals surface area contributed by atoms with E-state index < -0.39 is 0 Å². The van der Waals surface area contributed by atoms with Gasteiger partial charge in [0.25, 0.3) is 0 Å². The van der Waals surface area contributed by atoms with Crippen LogP contribution in [-0.4, -0.2) is 68.7 Å². The van der Waals surface area contributed by atoms with Crippen LogP contribution in [0.1, 0.15) is 12.8 Å². The number of ether oxygens (including phenoxy) is 1. The summed E-state index contributed by atoms with van der Waals surface area (Å²) in [5.74, 6) is 0.192. The van der Waals surface area contributed by atoms with Gasteiger partial charge in [-0.05, 0) is 13.0 Å². The molecule has 1 unspecified atom stereocenters. The van der Waals surface area contributed by atoms with Crippen molar-refractivity contribution in [2.24, 2.45) is 5.73 Å². The Balaban J connectivity index is 2.22. The van der Waals surface area contributed by atoms with Gasteiger partial charge in [-0.2, -0.15) is 0 Å². The molecular weight excluding hydrogens is 206 g/mol. The van der Waals surface area contributed by atoms with E-state index in [1.54, 1.807) is 19.0 Å². The molecule has 5 heteroatoms. The van der Waals surface area contributed by atoms with E-state index in [1.165, 1.54) is 0 Å². The van der Waals surface area contributed by atoms with Crippen molar-refractivity contribution in [3.05, 3.63) is 0 Å². The van der Waals surface area contributed by atoms with Crippen LogP contribution >= 0.6 is 0 Å². The van der Waals surface area contributed by atoms with Crippen molar-refractivity contribution in [1.82, 2.24) is 9.80 Å². The zero-order valence-electron chi connectivity index (χ0n) is 10.3. The Morgan fingerprint density at radius 3 is 2.94 bits per heavy atom. The fourth-order valence-electron chi connectivity index (χ4n) is 1.86. The molecule has 1 aliphatic heterocycles. The summed E-state index contributed by atoms with van der Waals surface area (Å²) in [4.78, 5) is 15.4. The van der Waals surface area contributed by atoms with Crippen LogP contribution in [0.25, 0.3) is 0 Å². The predicted molar refractivity (Wildman–Crippen MR) is 63.2 cm³/mol. The van der Waals surface area contributed by atoms with Crippen LogP contribution in [0.2, 0.25) is 0 Å². The molecular formula is C11H23N3O2. The van der Waals surface area contributed by atoms with Gasteiger partial charge in [-0.1, -0.05) is 0 Å². The summed E-state index contributed by atoms with van der Waals surface area (Å²) in [6.45, 7) is 3.99. The monoisotopic (exact) mass is 229 g/mol. The van der Waals surface area contributed by atoms with Crippen LogP contribution in [-0.2, 0) is 9.53 Å². The smallest absolute Gasteiger partial charge is 0.222 e. The largest absolute Gasteiger partial charge is 0.378 e. The first kappa shape index (κ1) is 13.4. The SMILES string of the molecule is CN(C)C(=O)CCCN1CCOCC1CN. The predicted octanol–water partition coefficient (Wildman–Crippen LogP) is -0.486. The highest BCUT2D eigenvalue weighted by Crippen LogP contribution is 2.07. The van der Waals surface area contributed by atoms with Gasteiger partial charge in [0.2, 0.25) is 5.91 Å². The van der Waals surface area contributed by atoms with Crippen LogP contribution in [0.15, 0.2) is 0 Å². The zero-order chi connectivity index (χ0) is 12.0.